The van der Waals surface area contributed by atoms with E-state index in [1.165, 1.54) is 0 Å². The fraction of sp³-hybridized carbons (Fsp3) is 0.486. The Balaban J connectivity index is 1.57. The summed E-state index contributed by atoms with van der Waals surface area (Å²) in [7, 11) is 0. The van der Waals surface area contributed by atoms with Gasteiger partial charge in [0.15, 0.2) is 0 Å². The molecule has 0 aliphatic carbocycles. The molecule has 3 amide bonds. The van der Waals surface area contributed by atoms with E-state index in [4.69, 9.17) is 4.74 Å². The summed E-state index contributed by atoms with van der Waals surface area (Å²) in [5.41, 5.74) is -0.164. The summed E-state index contributed by atoms with van der Waals surface area (Å²) in [4.78, 5) is 49.2. The first-order chi connectivity index (χ1) is 21.6. The van der Waals surface area contributed by atoms with Crippen LogP contribution in [0.3, 0.4) is 0 Å². The average molecular weight is 614 g/mol. The normalized spacial score (nSPS) is 27.4. The van der Waals surface area contributed by atoms with E-state index in [0.717, 1.165) is 11.1 Å². The van der Waals surface area contributed by atoms with Crippen LogP contribution in [0.1, 0.15) is 51.2 Å². The van der Waals surface area contributed by atoms with Gasteiger partial charge in [0.05, 0.1) is 30.1 Å². The summed E-state index contributed by atoms with van der Waals surface area (Å²) in [6.45, 7) is 14.8. The molecule has 2 aromatic rings. The highest BCUT2D eigenvalue weighted by molar-refractivity contribution is 5.99. The van der Waals surface area contributed by atoms with Crippen LogP contribution < -0.4 is 0 Å². The average Bonchev–Trinajstić information content (AvgIpc) is 3.60. The molecule has 0 saturated carbocycles. The summed E-state index contributed by atoms with van der Waals surface area (Å²) >= 11 is 0. The van der Waals surface area contributed by atoms with Crippen molar-refractivity contribution in [3.8, 4) is 0 Å². The van der Waals surface area contributed by atoms with Gasteiger partial charge >= 0.3 is 0 Å². The lowest BCUT2D eigenvalue weighted by molar-refractivity contribution is -0.157. The Labute approximate surface area is 267 Å². The maximum atomic E-state index is 14.8. The summed E-state index contributed by atoms with van der Waals surface area (Å²) in [6, 6.07) is 17.9. The van der Waals surface area contributed by atoms with Crippen molar-refractivity contribution >= 4 is 17.7 Å². The largest absolute Gasteiger partial charge is 0.394 e. The molecule has 3 fully saturated rings. The van der Waals surface area contributed by atoms with Crippen LogP contribution in [-0.2, 0) is 32.2 Å². The number of aliphatic hydroxyl groups excluding tert-OH is 1. The third kappa shape index (κ3) is 5.98. The van der Waals surface area contributed by atoms with E-state index in [1.807, 2.05) is 81.4 Å². The van der Waals surface area contributed by atoms with Gasteiger partial charge in [-0.3, -0.25) is 14.4 Å². The van der Waals surface area contributed by atoms with Gasteiger partial charge in [-0.15, -0.1) is 13.2 Å². The standard InChI is InChI=1S/C37H47N3O5/c1-6-20-38(23-27-14-10-8-11-15-27)33(42)30-31-34(43)40(29(25-41)22-26(3)4)32(37(31)19-18-36(30,5)45-37)35(44)39(21-7-2)24-28-16-12-9-13-17-28/h6-17,26,29-32,41H,1-2,18-25H2,3-5H3/t29-,30+,31+,32?,36-,37?/m1/s1. The summed E-state index contributed by atoms with van der Waals surface area (Å²) < 4.78 is 6.91. The van der Waals surface area contributed by atoms with Crippen LogP contribution >= 0.6 is 0 Å². The van der Waals surface area contributed by atoms with E-state index in [0.29, 0.717) is 38.9 Å². The van der Waals surface area contributed by atoms with Gasteiger partial charge in [-0.1, -0.05) is 86.7 Å². The van der Waals surface area contributed by atoms with E-state index < -0.39 is 35.1 Å². The first kappa shape index (κ1) is 32.6. The number of likely N-dealkylation sites (tertiary alicyclic amines) is 1. The molecule has 8 heteroatoms. The van der Waals surface area contributed by atoms with Gasteiger partial charge in [0.2, 0.25) is 17.7 Å². The number of hydrogen-bond donors (Lipinski definition) is 1. The fourth-order valence-corrected chi connectivity index (χ4v) is 7.99. The number of fused-ring (bicyclic) bond motifs is 1. The molecule has 2 bridgehead atoms. The smallest absolute Gasteiger partial charge is 0.249 e. The maximum Gasteiger partial charge on any atom is 0.249 e. The van der Waals surface area contributed by atoms with Crippen LogP contribution in [0.2, 0.25) is 0 Å². The summed E-state index contributed by atoms with van der Waals surface area (Å²) in [5.74, 6) is -2.16. The van der Waals surface area contributed by atoms with Gasteiger partial charge in [-0.2, -0.15) is 0 Å². The SMILES string of the molecule is C=CCN(Cc1ccccc1)C(=O)C1N([C@@H](CO)CC(C)C)C(=O)[C@@H]2[C@@H](C(=O)N(CC=C)Cc3ccccc3)[C@@]3(C)CCC12O3. The topological polar surface area (TPSA) is 90.4 Å². The van der Waals surface area contributed by atoms with E-state index in [9.17, 15) is 19.5 Å². The van der Waals surface area contributed by atoms with Gasteiger partial charge < -0.3 is 24.5 Å². The van der Waals surface area contributed by atoms with Crippen molar-refractivity contribution in [3.63, 3.8) is 0 Å². The minimum absolute atomic E-state index is 0.165. The van der Waals surface area contributed by atoms with Gasteiger partial charge in [-0.05, 0) is 43.2 Å². The molecule has 0 radical (unpaired) electrons. The number of hydrogen-bond acceptors (Lipinski definition) is 5. The van der Waals surface area contributed by atoms with Crippen molar-refractivity contribution in [2.45, 2.75) is 76.4 Å². The fourth-order valence-electron chi connectivity index (χ4n) is 7.99. The molecule has 8 nitrogen and oxygen atoms in total. The minimum atomic E-state index is -1.18. The van der Waals surface area contributed by atoms with Crippen LogP contribution in [0.5, 0.6) is 0 Å². The van der Waals surface area contributed by atoms with E-state index in [1.54, 1.807) is 26.9 Å². The Morgan fingerprint density at radius 2 is 1.49 bits per heavy atom. The Morgan fingerprint density at radius 3 is 1.98 bits per heavy atom. The highest BCUT2D eigenvalue weighted by Gasteiger charge is 2.78. The maximum absolute atomic E-state index is 14.8. The lowest BCUT2D eigenvalue weighted by Crippen LogP contribution is -2.58. The quantitative estimate of drug-likeness (QED) is 0.315. The zero-order valence-corrected chi connectivity index (χ0v) is 26.8. The molecule has 2 aromatic carbocycles. The second kappa shape index (κ2) is 13.3. The van der Waals surface area contributed by atoms with E-state index in [2.05, 4.69) is 13.2 Å². The number of nitrogens with zero attached hydrogens (tertiary/aromatic N) is 3. The van der Waals surface area contributed by atoms with Crippen molar-refractivity contribution in [1.29, 1.82) is 0 Å². The highest BCUT2D eigenvalue weighted by atomic mass is 16.5. The number of aliphatic hydroxyl groups is 1. The zero-order valence-electron chi connectivity index (χ0n) is 26.8. The van der Waals surface area contributed by atoms with Crippen LogP contribution in [0.4, 0.5) is 0 Å². The monoisotopic (exact) mass is 613 g/mol. The van der Waals surface area contributed by atoms with Gasteiger partial charge in [0.25, 0.3) is 0 Å². The van der Waals surface area contributed by atoms with E-state index >= 15 is 0 Å². The second-order valence-corrected chi connectivity index (χ2v) is 13.4. The predicted molar refractivity (Wildman–Crippen MR) is 174 cm³/mol. The molecule has 1 spiro atoms. The second-order valence-electron chi connectivity index (χ2n) is 13.4. The highest BCUT2D eigenvalue weighted by Crippen LogP contribution is 2.64. The first-order valence-corrected chi connectivity index (χ1v) is 16.1. The number of rotatable bonds is 14. The molecule has 3 aliphatic rings. The van der Waals surface area contributed by atoms with E-state index in [-0.39, 0.29) is 36.8 Å². The van der Waals surface area contributed by atoms with Gasteiger partial charge in [-0.25, -0.2) is 0 Å². The predicted octanol–water partition coefficient (Wildman–Crippen LogP) is 4.59. The van der Waals surface area contributed by atoms with Gasteiger partial charge in [0.1, 0.15) is 11.6 Å². The number of carbonyl (C=O) groups is 3. The molecule has 6 atom stereocenters. The lowest BCUT2D eigenvalue weighted by atomic mass is 9.66. The van der Waals surface area contributed by atoms with Gasteiger partial charge in [0, 0.05) is 26.2 Å². The molecule has 2 unspecified atom stereocenters. The molecule has 45 heavy (non-hydrogen) atoms. The molecule has 5 rings (SSSR count). The number of carbonyl (C=O) groups excluding carboxylic acids is 3. The lowest BCUT2D eigenvalue weighted by Gasteiger charge is -2.40. The number of ether oxygens (including phenoxy) is 1. The summed E-state index contributed by atoms with van der Waals surface area (Å²) in [5, 5.41) is 10.6. The molecular weight excluding hydrogens is 566 g/mol. The van der Waals surface area contributed by atoms with Crippen molar-refractivity contribution in [2.75, 3.05) is 19.7 Å². The van der Waals surface area contributed by atoms with Crippen molar-refractivity contribution < 1.29 is 24.2 Å². The number of benzene rings is 2. The molecule has 1 N–H and O–H groups in total. The van der Waals surface area contributed by atoms with Crippen LogP contribution in [0.15, 0.2) is 86.0 Å². The van der Waals surface area contributed by atoms with Crippen molar-refractivity contribution in [1.82, 2.24) is 14.7 Å². The first-order valence-electron chi connectivity index (χ1n) is 16.1. The molecule has 0 aromatic heterocycles. The Morgan fingerprint density at radius 1 is 0.956 bits per heavy atom. The summed E-state index contributed by atoms with van der Waals surface area (Å²) in [6.07, 6.45) is 4.92. The third-order valence-electron chi connectivity index (χ3n) is 9.82. The Hall–Kier alpha value is -3.75. The molecule has 3 saturated heterocycles. The molecule has 3 aliphatic heterocycles. The van der Waals surface area contributed by atoms with Crippen LogP contribution in [-0.4, -0.2) is 80.5 Å². The van der Waals surface area contributed by atoms with Crippen molar-refractivity contribution in [3.05, 3.63) is 97.1 Å². The molecule has 3 heterocycles. The van der Waals surface area contributed by atoms with Crippen LogP contribution in [0.25, 0.3) is 0 Å². The minimum Gasteiger partial charge on any atom is -0.394 e. The molecule has 240 valence electrons. The number of amides is 3. The third-order valence-corrected chi connectivity index (χ3v) is 9.82. The van der Waals surface area contributed by atoms with Crippen LogP contribution in [0, 0.1) is 17.8 Å². The Bertz CT molecular complexity index is 1400. The van der Waals surface area contributed by atoms with Crippen molar-refractivity contribution in [2.24, 2.45) is 17.8 Å². The molecular formula is C37H47N3O5. The Kier molecular flexibility index (Phi) is 9.65. The zero-order chi connectivity index (χ0) is 32.4.